The van der Waals surface area contributed by atoms with E-state index < -0.39 is 0 Å². The van der Waals surface area contributed by atoms with Gasteiger partial charge >= 0.3 is 0 Å². The molecule has 1 radical (unpaired) electrons. The van der Waals surface area contributed by atoms with Crippen molar-refractivity contribution in [1.82, 2.24) is 4.98 Å². The standard InChI is InChI=1S/C13H11FN/c1-3-9-5-11-6-12(14)10(4-2)7-13(11)15-8-9/h4-8H,1-3H2. The summed E-state index contributed by atoms with van der Waals surface area (Å²) in [4.78, 5) is 4.25. The number of pyridine rings is 1. The van der Waals surface area contributed by atoms with E-state index in [9.17, 15) is 4.39 Å². The van der Waals surface area contributed by atoms with E-state index in [2.05, 4.69) is 18.5 Å². The lowest BCUT2D eigenvalue weighted by molar-refractivity contribution is 0.627. The zero-order valence-corrected chi connectivity index (χ0v) is 8.33. The molecular formula is C13H11FN. The lowest BCUT2D eigenvalue weighted by Gasteiger charge is -2.03. The second kappa shape index (κ2) is 3.81. The van der Waals surface area contributed by atoms with Crippen molar-refractivity contribution in [3.05, 3.63) is 54.8 Å². The Kier molecular flexibility index (Phi) is 2.50. The zero-order valence-electron chi connectivity index (χ0n) is 8.33. The molecule has 0 unspecified atom stereocenters. The van der Waals surface area contributed by atoms with E-state index in [1.165, 1.54) is 12.1 Å². The quantitative estimate of drug-likeness (QED) is 0.724. The van der Waals surface area contributed by atoms with Crippen LogP contribution in [0.25, 0.3) is 17.0 Å². The summed E-state index contributed by atoms with van der Waals surface area (Å²) < 4.78 is 13.4. The lowest BCUT2D eigenvalue weighted by atomic mass is 10.1. The number of halogens is 1. The SMILES string of the molecule is [CH2]Cc1cnc2cc(C=C)c(F)cc2c1. The molecule has 0 spiro atoms. The van der Waals surface area contributed by atoms with Gasteiger partial charge in [-0.1, -0.05) is 12.7 Å². The molecule has 0 amide bonds. The monoisotopic (exact) mass is 200 g/mol. The van der Waals surface area contributed by atoms with Crippen LogP contribution in [-0.4, -0.2) is 4.98 Å². The molecule has 2 aromatic rings. The number of fused-ring (bicyclic) bond motifs is 1. The van der Waals surface area contributed by atoms with Gasteiger partial charge in [0, 0.05) is 17.1 Å². The summed E-state index contributed by atoms with van der Waals surface area (Å²) in [5, 5.41) is 0.805. The van der Waals surface area contributed by atoms with Crippen LogP contribution in [-0.2, 0) is 6.42 Å². The molecule has 0 aliphatic heterocycles. The number of nitrogens with zero attached hydrogens (tertiary/aromatic N) is 1. The van der Waals surface area contributed by atoms with E-state index in [4.69, 9.17) is 0 Å². The van der Waals surface area contributed by atoms with E-state index >= 15 is 0 Å². The summed E-state index contributed by atoms with van der Waals surface area (Å²) in [6.07, 6.45) is 3.92. The summed E-state index contributed by atoms with van der Waals surface area (Å²) in [6.45, 7) is 7.32. The van der Waals surface area contributed by atoms with Crippen molar-refractivity contribution in [2.45, 2.75) is 6.42 Å². The average Bonchev–Trinajstić information content (AvgIpc) is 2.27. The minimum Gasteiger partial charge on any atom is -0.256 e. The van der Waals surface area contributed by atoms with E-state index in [-0.39, 0.29) is 5.82 Å². The molecule has 0 atom stereocenters. The Morgan fingerprint density at radius 1 is 1.33 bits per heavy atom. The Morgan fingerprint density at radius 2 is 2.13 bits per heavy atom. The Labute approximate surface area is 88.3 Å². The van der Waals surface area contributed by atoms with E-state index in [0.717, 1.165) is 16.5 Å². The number of aromatic nitrogens is 1. The molecule has 0 bridgehead atoms. The molecule has 2 rings (SSSR count). The first-order chi connectivity index (χ1) is 7.24. The average molecular weight is 200 g/mol. The second-order valence-electron chi connectivity index (χ2n) is 3.36. The third-order valence-electron chi connectivity index (χ3n) is 2.36. The number of hydrogen-bond donors (Lipinski definition) is 0. The summed E-state index contributed by atoms with van der Waals surface area (Å²) in [7, 11) is 0. The minimum absolute atomic E-state index is 0.263. The van der Waals surface area contributed by atoms with Gasteiger partial charge in [-0.05, 0) is 37.1 Å². The fourth-order valence-corrected chi connectivity index (χ4v) is 1.50. The molecule has 0 aliphatic carbocycles. The molecule has 0 saturated heterocycles. The third kappa shape index (κ3) is 1.75. The van der Waals surface area contributed by atoms with Crippen LogP contribution in [0, 0.1) is 12.7 Å². The Bertz CT molecular complexity index is 517. The normalized spacial score (nSPS) is 10.5. The third-order valence-corrected chi connectivity index (χ3v) is 2.36. The summed E-state index contributed by atoms with van der Waals surface area (Å²) >= 11 is 0. The second-order valence-corrected chi connectivity index (χ2v) is 3.36. The lowest BCUT2D eigenvalue weighted by Crippen LogP contribution is -1.88. The first-order valence-electron chi connectivity index (χ1n) is 4.74. The van der Waals surface area contributed by atoms with Gasteiger partial charge in [0.1, 0.15) is 5.82 Å². The first kappa shape index (κ1) is 9.84. The van der Waals surface area contributed by atoms with Gasteiger partial charge in [-0.15, -0.1) is 0 Å². The van der Waals surface area contributed by atoms with Crippen LogP contribution < -0.4 is 0 Å². The minimum atomic E-state index is -0.263. The predicted molar refractivity (Wildman–Crippen MR) is 60.9 cm³/mol. The van der Waals surface area contributed by atoms with Gasteiger partial charge in [-0.2, -0.15) is 0 Å². The molecule has 1 nitrogen and oxygen atoms in total. The maximum atomic E-state index is 13.4. The number of hydrogen-bond acceptors (Lipinski definition) is 1. The fourth-order valence-electron chi connectivity index (χ4n) is 1.50. The van der Waals surface area contributed by atoms with E-state index in [1.54, 1.807) is 12.3 Å². The van der Waals surface area contributed by atoms with Gasteiger partial charge in [-0.25, -0.2) is 4.39 Å². The molecule has 75 valence electrons. The molecule has 0 N–H and O–H groups in total. The van der Waals surface area contributed by atoms with Gasteiger partial charge in [0.15, 0.2) is 0 Å². The van der Waals surface area contributed by atoms with Gasteiger partial charge in [0.25, 0.3) is 0 Å². The largest absolute Gasteiger partial charge is 0.256 e. The molecule has 0 saturated carbocycles. The molecular weight excluding hydrogens is 189 g/mol. The molecule has 0 aliphatic rings. The van der Waals surface area contributed by atoms with Crippen LogP contribution in [0.15, 0.2) is 31.0 Å². The van der Waals surface area contributed by atoms with E-state index in [0.29, 0.717) is 12.0 Å². The van der Waals surface area contributed by atoms with E-state index in [1.807, 2.05) is 6.07 Å². The van der Waals surface area contributed by atoms with Crippen LogP contribution >= 0.6 is 0 Å². The van der Waals surface area contributed by atoms with Crippen molar-refractivity contribution in [2.75, 3.05) is 0 Å². The van der Waals surface area contributed by atoms with Crippen molar-refractivity contribution in [3.63, 3.8) is 0 Å². The Balaban J connectivity index is 2.70. The van der Waals surface area contributed by atoms with Gasteiger partial charge in [0.2, 0.25) is 0 Å². The highest BCUT2D eigenvalue weighted by Gasteiger charge is 2.03. The topological polar surface area (TPSA) is 12.9 Å². The Hall–Kier alpha value is -1.70. The van der Waals surface area contributed by atoms with Gasteiger partial charge < -0.3 is 0 Å². The highest BCUT2D eigenvalue weighted by Crippen LogP contribution is 2.19. The molecule has 15 heavy (non-hydrogen) atoms. The van der Waals surface area contributed by atoms with Crippen LogP contribution in [0.4, 0.5) is 4.39 Å². The van der Waals surface area contributed by atoms with Crippen LogP contribution in [0.3, 0.4) is 0 Å². The van der Waals surface area contributed by atoms with Gasteiger partial charge in [-0.3, -0.25) is 4.98 Å². The highest BCUT2D eigenvalue weighted by atomic mass is 19.1. The maximum Gasteiger partial charge on any atom is 0.131 e. The number of benzene rings is 1. The van der Waals surface area contributed by atoms with Crippen molar-refractivity contribution < 1.29 is 4.39 Å². The molecule has 2 heteroatoms. The fraction of sp³-hybridized carbons (Fsp3) is 0.0769. The molecule has 0 fully saturated rings. The smallest absolute Gasteiger partial charge is 0.131 e. The van der Waals surface area contributed by atoms with Crippen molar-refractivity contribution in [3.8, 4) is 0 Å². The molecule has 1 aromatic carbocycles. The maximum absolute atomic E-state index is 13.4. The summed E-state index contributed by atoms with van der Waals surface area (Å²) in [5.41, 5.74) is 2.27. The van der Waals surface area contributed by atoms with Crippen molar-refractivity contribution >= 4 is 17.0 Å². The van der Waals surface area contributed by atoms with Crippen molar-refractivity contribution in [1.29, 1.82) is 0 Å². The van der Waals surface area contributed by atoms with Crippen LogP contribution in [0.1, 0.15) is 11.1 Å². The van der Waals surface area contributed by atoms with Crippen LogP contribution in [0.2, 0.25) is 0 Å². The van der Waals surface area contributed by atoms with Gasteiger partial charge in [0.05, 0.1) is 5.52 Å². The molecule has 1 aromatic heterocycles. The highest BCUT2D eigenvalue weighted by molar-refractivity contribution is 5.81. The zero-order chi connectivity index (χ0) is 10.8. The summed E-state index contributed by atoms with van der Waals surface area (Å²) in [5.74, 6) is -0.263. The number of rotatable bonds is 2. The molecule has 1 heterocycles. The van der Waals surface area contributed by atoms with Crippen LogP contribution in [0.5, 0.6) is 0 Å². The van der Waals surface area contributed by atoms with Crippen molar-refractivity contribution in [2.24, 2.45) is 0 Å². The first-order valence-corrected chi connectivity index (χ1v) is 4.74. The Morgan fingerprint density at radius 3 is 2.80 bits per heavy atom. The summed E-state index contributed by atoms with van der Waals surface area (Å²) in [6, 6.07) is 5.09. The predicted octanol–water partition coefficient (Wildman–Crippen LogP) is 3.39.